The molecule has 2 aliphatic rings. The molecule has 1 N–H and O–H groups in total. The topological polar surface area (TPSA) is 74.2 Å². The molecule has 1 aliphatic carbocycles. The molecule has 1 aromatic heterocycles. The van der Waals surface area contributed by atoms with Gasteiger partial charge in [0.05, 0.1) is 0 Å². The summed E-state index contributed by atoms with van der Waals surface area (Å²) in [6, 6.07) is 0.222. The third kappa shape index (κ3) is 3.54. The molecule has 2 fully saturated rings. The van der Waals surface area contributed by atoms with Gasteiger partial charge in [-0.15, -0.1) is 0 Å². The van der Waals surface area contributed by atoms with Crippen molar-refractivity contribution in [2.75, 3.05) is 30.4 Å². The lowest BCUT2D eigenvalue weighted by molar-refractivity contribution is -0.122. The van der Waals surface area contributed by atoms with Crippen LogP contribution in [0.1, 0.15) is 51.3 Å². The molecule has 7 heteroatoms. The molecule has 7 nitrogen and oxygen atoms in total. The van der Waals surface area contributed by atoms with Gasteiger partial charge in [-0.05, 0) is 25.7 Å². The highest BCUT2D eigenvalue weighted by Crippen LogP contribution is 2.26. The van der Waals surface area contributed by atoms with E-state index >= 15 is 0 Å². The van der Waals surface area contributed by atoms with Gasteiger partial charge in [0.1, 0.15) is 11.9 Å². The number of anilines is 2. The maximum absolute atomic E-state index is 12.5. The summed E-state index contributed by atoms with van der Waals surface area (Å²) in [5.41, 5.74) is 0. The number of hydrogen-bond donors (Lipinski definition) is 1. The van der Waals surface area contributed by atoms with Crippen LogP contribution < -0.4 is 15.1 Å². The Hall–Kier alpha value is -1.92. The molecule has 3 rings (SSSR count). The van der Waals surface area contributed by atoms with Crippen LogP contribution >= 0.6 is 0 Å². The standard InChI is InChI=1S/C16H26N6O/c1-10(2)13-18-15(21(3)4)20-16(19-13)22-9-5-6-12(22)14(23)17-11-7-8-11/h10-12H,5-9H2,1-4H3,(H,17,23). The first-order valence-corrected chi connectivity index (χ1v) is 8.46. The van der Waals surface area contributed by atoms with Crippen LogP contribution in [-0.4, -0.2) is 53.6 Å². The maximum atomic E-state index is 12.5. The van der Waals surface area contributed by atoms with Crippen LogP contribution in [0.25, 0.3) is 0 Å². The summed E-state index contributed by atoms with van der Waals surface area (Å²) in [5, 5.41) is 3.11. The Morgan fingerprint density at radius 2 is 1.96 bits per heavy atom. The minimum Gasteiger partial charge on any atom is -0.352 e. The Balaban J connectivity index is 1.87. The van der Waals surface area contributed by atoms with Crippen molar-refractivity contribution in [1.82, 2.24) is 20.3 Å². The summed E-state index contributed by atoms with van der Waals surface area (Å²) in [6.07, 6.45) is 4.06. The lowest BCUT2D eigenvalue weighted by Crippen LogP contribution is -2.45. The largest absolute Gasteiger partial charge is 0.352 e. The van der Waals surface area contributed by atoms with Gasteiger partial charge in [-0.1, -0.05) is 13.8 Å². The lowest BCUT2D eigenvalue weighted by Gasteiger charge is -2.25. The average molecular weight is 318 g/mol. The van der Waals surface area contributed by atoms with Crippen LogP contribution in [0.4, 0.5) is 11.9 Å². The molecular weight excluding hydrogens is 292 g/mol. The van der Waals surface area contributed by atoms with Crippen LogP contribution in [0.3, 0.4) is 0 Å². The fourth-order valence-electron chi connectivity index (χ4n) is 2.76. The van der Waals surface area contributed by atoms with E-state index in [1.54, 1.807) is 0 Å². The maximum Gasteiger partial charge on any atom is 0.243 e. The van der Waals surface area contributed by atoms with E-state index in [4.69, 9.17) is 0 Å². The third-order valence-electron chi connectivity index (χ3n) is 4.28. The zero-order valence-electron chi connectivity index (χ0n) is 14.4. The molecule has 2 heterocycles. The summed E-state index contributed by atoms with van der Waals surface area (Å²) in [6.45, 7) is 4.96. The van der Waals surface area contributed by atoms with E-state index in [2.05, 4.69) is 34.1 Å². The average Bonchev–Trinajstić information content (AvgIpc) is 3.18. The van der Waals surface area contributed by atoms with Crippen molar-refractivity contribution in [1.29, 1.82) is 0 Å². The quantitative estimate of drug-likeness (QED) is 0.882. The molecule has 0 spiro atoms. The predicted octanol–water partition coefficient (Wildman–Crippen LogP) is 1.31. The monoisotopic (exact) mass is 318 g/mol. The van der Waals surface area contributed by atoms with Gasteiger partial charge in [-0.25, -0.2) is 0 Å². The highest BCUT2D eigenvalue weighted by atomic mass is 16.2. The lowest BCUT2D eigenvalue weighted by atomic mass is 10.2. The normalized spacial score (nSPS) is 20.9. The van der Waals surface area contributed by atoms with Gasteiger partial charge < -0.3 is 15.1 Å². The summed E-state index contributed by atoms with van der Waals surface area (Å²) < 4.78 is 0. The molecule has 0 aromatic carbocycles. The van der Waals surface area contributed by atoms with Crippen molar-refractivity contribution in [3.8, 4) is 0 Å². The van der Waals surface area contributed by atoms with Gasteiger partial charge in [0.2, 0.25) is 17.8 Å². The van der Waals surface area contributed by atoms with Gasteiger partial charge in [0.25, 0.3) is 0 Å². The number of carbonyl (C=O) groups excluding carboxylic acids is 1. The minimum atomic E-state index is -0.159. The molecular formula is C16H26N6O. The minimum absolute atomic E-state index is 0.114. The van der Waals surface area contributed by atoms with Crippen molar-refractivity contribution in [2.24, 2.45) is 0 Å². The Labute approximate surface area is 137 Å². The molecule has 23 heavy (non-hydrogen) atoms. The zero-order valence-corrected chi connectivity index (χ0v) is 14.4. The second-order valence-electron chi connectivity index (χ2n) is 6.98. The van der Waals surface area contributed by atoms with Crippen LogP contribution in [0.15, 0.2) is 0 Å². The highest BCUT2D eigenvalue weighted by Gasteiger charge is 2.35. The molecule has 126 valence electrons. The van der Waals surface area contributed by atoms with Crippen molar-refractivity contribution in [3.63, 3.8) is 0 Å². The van der Waals surface area contributed by atoms with Crippen LogP contribution in [0, 0.1) is 0 Å². The Kier molecular flexibility index (Phi) is 4.37. The van der Waals surface area contributed by atoms with Crippen molar-refractivity contribution < 1.29 is 4.79 Å². The summed E-state index contributed by atoms with van der Waals surface area (Å²) in [4.78, 5) is 30.1. The van der Waals surface area contributed by atoms with E-state index in [1.165, 1.54) is 0 Å². The molecule has 1 aliphatic heterocycles. The third-order valence-corrected chi connectivity index (χ3v) is 4.28. The smallest absolute Gasteiger partial charge is 0.243 e. The first kappa shape index (κ1) is 16.0. The highest BCUT2D eigenvalue weighted by molar-refractivity contribution is 5.85. The number of hydrogen-bond acceptors (Lipinski definition) is 6. The number of aromatic nitrogens is 3. The van der Waals surface area contributed by atoms with Gasteiger partial charge in [0.15, 0.2) is 0 Å². The summed E-state index contributed by atoms with van der Waals surface area (Å²) >= 11 is 0. The van der Waals surface area contributed by atoms with Crippen LogP contribution in [0.2, 0.25) is 0 Å². The van der Waals surface area contributed by atoms with Crippen LogP contribution in [-0.2, 0) is 4.79 Å². The summed E-state index contributed by atoms with van der Waals surface area (Å²) in [7, 11) is 3.84. The Morgan fingerprint density at radius 3 is 2.57 bits per heavy atom. The number of amides is 1. The molecule has 1 atom stereocenters. The first-order chi connectivity index (χ1) is 11.0. The van der Waals surface area contributed by atoms with Gasteiger partial charge in [-0.2, -0.15) is 15.0 Å². The van der Waals surface area contributed by atoms with Gasteiger partial charge >= 0.3 is 0 Å². The Bertz CT molecular complexity index is 558. The zero-order chi connectivity index (χ0) is 16.6. The van der Waals surface area contributed by atoms with Gasteiger partial charge in [-0.3, -0.25) is 4.79 Å². The van der Waals surface area contributed by atoms with E-state index in [0.717, 1.165) is 38.1 Å². The fraction of sp³-hybridized carbons (Fsp3) is 0.750. The second-order valence-corrected chi connectivity index (χ2v) is 6.98. The van der Waals surface area contributed by atoms with Crippen molar-refractivity contribution in [2.45, 2.75) is 57.5 Å². The number of nitrogens with zero attached hydrogens (tertiary/aromatic N) is 5. The van der Waals surface area contributed by atoms with Crippen LogP contribution in [0.5, 0.6) is 0 Å². The van der Waals surface area contributed by atoms with Crippen molar-refractivity contribution in [3.05, 3.63) is 5.82 Å². The van der Waals surface area contributed by atoms with Gasteiger partial charge in [0, 0.05) is 32.6 Å². The molecule has 1 aromatic rings. The first-order valence-electron chi connectivity index (χ1n) is 8.46. The van der Waals surface area contributed by atoms with Crippen molar-refractivity contribution >= 4 is 17.8 Å². The predicted molar refractivity (Wildman–Crippen MR) is 89.8 cm³/mol. The van der Waals surface area contributed by atoms with E-state index in [1.807, 2.05) is 23.9 Å². The Morgan fingerprint density at radius 1 is 1.22 bits per heavy atom. The number of rotatable bonds is 5. The van der Waals surface area contributed by atoms with E-state index < -0.39 is 0 Å². The molecule has 1 saturated heterocycles. The SMILES string of the molecule is CC(C)c1nc(N(C)C)nc(N2CCCC2C(=O)NC2CC2)n1. The molecule has 1 amide bonds. The number of nitrogens with one attached hydrogen (secondary N) is 1. The molecule has 0 bridgehead atoms. The van der Waals surface area contributed by atoms with E-state index in [-0.39, 0.29) is 17.9 Å². The van der Waals surface area contributed by atoms with E-state index in [9.17, 15) is 4.79 Å². The van der Waals surface area contributed by atoms with E-state index in [0.29, 0.717) is 17.9 Å². The number of carbonyl (C=O) groups is 1. The fourth-order valence-corrected chi connectivity index (χ4v) is 2.76. The molecule has 1 saturated carbocycles. The second kappa shape index (κ2) is 6.29. The molecule has 0 radical (unpaired) electrons. The summed E-state index contributed by atoms with van der Waals surface area (Å²) in [5.74, 6) is 2.37. The molecule has 1 unspecified atom stereocenters.